The van der Waals surface area contributed by atoms with E-state index in [0.717, 1.165) is 25.6 Å². The second kappa shape index (κ2) is 8.13. The summed E-state index contributed by atoms with van der Waals surface area (Å²) in [6.07, 6.45) is 3.84. The van der Waals surface area contributed by atoms with Gasteiger partial charge in [-0.05, 0) is 43.7 Å². The summed E-state index contributed by atoms with van der Waals surface area (Å²) in [6.45, 7) is 13.7. The molecule has 1 aliphatic heterocycles. The van der Waals surface area contributed by atoms with Gasteiger partial charge >= 0.3 is 0 Å². The van der Waals surface area contributed by atoms with Gasteiger partial charge in [-0.25, -0.2) is 0 Å². The van der Waals surface area contributed by atoms with Crippen molar-refractivity contribution < 1.29 is 4.74 Å². The van der Waals surface area contributed by atoms with Gasteiger partial charge in [-0.1, -0.05) is 20.8 Å². The van der Waals surface area contributed by atoms with Crippen molar-refractivity contribution in [2.75, 3.05) is 46.4 Å². The Balaban J connectivity index is 2.46. The molecule has 1 aliphatic rings. The van der Waals surface area contributed by atoms with Crippen LogP contribution in [-0.2, 0) is 4.74 Å². The second-order valence-corrected chi connectivity index (χ2v) is 5.83. The van der Waals surface area contributed by atoms with Gasteiger partial charge in [0.1, 0.15) is 0 Å². The molecule has 0 spiro atoms. The van der Waals surface area contributed by atoms with Crippen LogP contribution in [0.4, 0.5) is 0 Å². The summed E-state index contributed by atoms with van der Waals surface area (Å²) in [6, 6.07) is 0. The van der Waals surface area contributed by atoms with E-state index < -0.39 is 0 Å². The van der Waals surface area contributed by atoms with Crippen molar-refractivity contribution in [2.24, 2.45) is 11.3 Å². The van der Waals surface area contributed by atoms with Gasteiger partial charge in [0.05, 0.1) is 6.61 Å². The Morgan fingerprint density at radius 3 is 2.56 bits per heavy atom. The third kappa shape index (κ3) is 4.52. The normalized spacial score (nSPS) is 21.7. The van der Waals surface area contributed by atoms with Crippen LogP contribution in [0, 0.1) is 11.3 Å². The molecule has 1 saturated heterocycles. The lowest BCUT2D eigenvalue weighted by molar-refractivity contribution is 0.131. The van der Waals surface area contributed by atoms with Gasteiger partial charge in [-0.15, -0.1) is 0 Å². The fourth-order valence-corrected chi connectivity index (χ4v) is 3.07. The van der Waals surface area contributed by atoms with E-state index in [-0.39, 0.29) is 0 Å². The molecule has 0 saturated carbocycles. The summed E-state index contributed by atoms with van der Waals surface area (Å²) in [5, 5.41) is 3.55. The lowest BCUT2D eigenvalue weighted by atomic mass is 9.81. The highest BCUT2D eigenvalue weighted by Gasteiger charge is 2.31. The fourth-order valence-electron chi connectivity index (χ4n) is 3.07. The molecule has 0 aromatic rings. The summed E-state index contributed by atoms with van der Waals surface area (Å²) >= 11 is 0. The summed E-state index contributed by atoms with van der Waals surface area (Å²) < 4.78 is 5.28. The van der Waals surface area contributed by atoms with Gasteiger partial charge in [-0.3, -0.25) is 0 Å². The maximum absolute atomic E-state index is 5.28. The fraction of sp³-hybridized carbons (Fsp3) is 1.00. The van der Waals surface area contributed by atoms with Crippen molar-refractivity contribution >= 4 is 0 Å². The lowest BCUT2D eigenvalue weighted by Gasteiger charge is -2.36. The Hall–Kier alpha value is -0.120. The zero-order valence-corrected chi connectivity index (χ0v) is 12.8. The zero-order valence-electron chi connectivity index (χ0n) is 12.8. The maximum Gasteiger partial charge on any atom is 0.0503 e. The monoisotopic (exact) mass is 256 g/mol. The van der Waals surface area contributed by atoms with Crippen LogP contribution in [0.5, 0.6) is 0 Å². The Morgan fingerprint density at radius 1 is 1.28 bits per heavy atom. The molecule has 1 heterocycles. The van der Waals surface area contributed by atoms with E-state index in [0.29, 0.717) is 5.41 Å². The molecule has 1 N–H and O–H groups in total. The maximum atomic E-state index is 5.28. The Labute approximate surface area is 113 Å². The minimum atomic E-state index is 0.456. The summed E-state index contributed by atoms with van der Waals surface area (Å²) in [4.78, 5) is 2.65. The van der Waals surface area contributed by atoms with Gasteiger partial charge in [0.15, 0.2) is 0 Å². The van der Waals surface area contributed by atoms with E-state index in [1.165, 1.54) is 38.9 Å². The van der Waals surface area contributed by atoms with Crippen LogP contribution in [0.25, 0.3) is 0 Å². The molecule has 18 heavy (non-hydrogen) atoms. The number of rotatable bonds is 9. The molecule has 3 heteroatoms. The van der Waals surface area contributed by atoms with Crippen molar-refractivity contribution in [2.45, 2.75) is 40.0 Å². The second-order valence-electron chi connectivity index (χ2n) is 5.83. The highest BCUT2D eigenvalue weighted by atomic mass is 16.5. The van der Waals surface area contributed by atoms with E-state index in [1.807, 2.05) is 7.11 Å². The smallest absolute Gasteiger partial charge is 0.0503 e. The third-order valence-corrected chi connectivity index (χ3v) is 4.58. The molecule has 1 rings (SSSR count). The van der Waals surface area contributed by atoms with E-state index in [2.05, 4.69) is 31.0 Å². The first-order valence-corrected chi connectivity index (χ1v) is 7.61. The van der Waals surface area contributed by atoms with Gasteiger partial charge in [-0.2, -0.15) is 0 Å². The van der Waals surface area contributed by atoms with Crippen LogP contribution in [0.15, 0.2) is 0 Å². The molecule has 1 atom stereocenters. The summed E-state index contributed by atoms with van der Waals surface area (Å²) in [7, 11) is 1.82. The Morgan fingerprint density at radius 2 is 2.00 bits per heavy atom. The average molecular weight is 256 g/mol. The largest absolute Gasteiger partial charge is 0.384 e. The van der Waals surface area contributed by atoms with Gasteiger partial charge in [0.25, 0.3) is 0 Å². The van der Waals surface area contributed by atoms with Crippen LogP contribution in [0.2, 0.25) is 0 Å². The van der Waals surface area contributed by atoms with Crippen LogP contribution < -0.4 is 5.32 Å². The van der Waals surface area contributed by atoms with Crippen LogP contribution in [-0.4, -0.2) is 51.3 Å². The average Bonchev–Trinajstić information content (AvgIpc) is 2.82. The van der Waals surface area contributed by atoms with E-state index in [9.17, 15) is 0 Å². The molecule has 0 aromatic heterocycles. The molecule has 1 fully saturated rings. The number of ether oxygens (including phenoxy) is 1. The number of methoxy groups -OCH3 is 1. The van der Waals surface area contributed by atoms with Crippen LogP contribution in [0.3, 0.4) is 0 Å². The lowest BCUT2D eigenvalue weighted by Crippen LogP contribution is -2.43. The quantitative estimate of drug-likeness (QED) is 0.685. The number of hydrogen-bond donors (Lipinski definition) is 1. The minimum absolute atomic E-state index is 0.456. The summed E-state index contributed by atoms with van der Waals surface area (Å²) in [5.74, 6) is 0.751. The molecule has 0 aliphatic carbocycles. The van der Waals surface area contributed by atoms with Crippen molar-refractivity contribution in [3.63, 3.8) is 0 Å². The third-order valence-electron chi connectivity index (χ3n) is 4.58. The van der Waals surface area contributed by atoms with Crippen molar-refractivity contribution in [3.05, 3.63) is 0 Å². The standard InChI is InChI=1S/C15H32N2O/c1-5-15(6-2,12-16-7-3)13-17-9-8-14(10-17)11-18-4/h14,16H,5-13H2,1-4H3. The van der Waals surface area contributed by atoms with Crippen molar-refractivity contribution in [1.29, 1.82) is 0 Å². The molecule has 3 nitrogen and oxygen atoms in total. The van der Waals surface area contributed by atoms with E-state index in [4.69, 9.17) is 4.74 Å². The number of likely N-dealkylation sites (tertiary alicyclic amines) is 1. The first kappa shape index (κ1) is 15.9. The molecular formula is C15H32N2O. The molecule has 0 radical (unpaired) electrons. The molecule has 0 amide bonds. The van der Waals surface area contributed by atoms with Crippen molar-refractivity contribution in [3.8, 4) is 0 Å². The van der Waals surface area contributed by atoms with Gasteiger partial charge in [0, 0.05) is 26.7 Å². The number of nitrogens with zero attached hydrogens (tertiary/aromatic N) is 1. The molecule has 0 aromatic carbocycles. The first-order valence-electron chi connectivity index (χ1n) is 7.61. The van der Waals surface area contributed by atoms with Gasteiger partial charge in [0.2, 0.25) is 0 Å². The molecular weight excluding hydrogens is 224 g/mol. The highest BCUT2D eigenvalue weighted by Crippen LogP contribution is 2.29. The van der Waals surface area contributed by atoms with Gasteiger partial charge < -0.3 is 15.0 Å². The van der Waals surface area contributed by atoms with E-state index >= 15 is 0 Å². The predicted molar refractivity (Wildman–Crippen MR) is 78.0 cm³/mol. The summed E-state index contributed by atoms with van der Waals surface area (Å²) in [5.41, 5.74) is 0.456. The predicted octanol–water partition coefficient (Wildman–Crippen LogP) is 2.37. The zero-order chi connectivity index (χ0) is 13.4. The van der Waals surface area contributed by atoms with Crippen molar-refractivity contribution in [1.82, 2.24) is 10.2 Å². The SMILES string of the molecule is CCNCC(CC)(CC)CN1CCC(COC)C1. The van der Waals surface area contributed by atoms with E-state index in [1.54, 1.807) is 0 Å². The molecule has 108 valence electrons. The molecule has 1 unspecified atom stereocenters. The Kier molecular flexibility index (Phi) is 7.20. The number of hydrogen-bond acceptors (Lipinski definition) is 3. The highest BCUT2D eigenvalue weighted by molar-refractivity contribution is 4.86. The number of nitrogens with one attached hydrogen (secondary N) is 1. The van der Waals surface area contributed by atoms with Crippen LogP contribution >= 0.6 is 0 Å². The van der Waals surface area contributed by atoms with Crippen LogP contribution in [0.1, 0.15) is 40.0 Å². The minimum Gasteiger partial charge on any atom is -0.384 e. The topological polar surface area (TPSA) is 24.5 Å². The Bertz CT molecular complexity index is 217. The first-order chi connectivity index (χ1) is 8.69. The molecule has 0 bridgehead atoms.